The zero-order valence-corrected chi connectivity index (χ0v) is 23.4. The van der Waals surface area contributed by atoms with E-state index in [1.807, 2.05) is 10.6 Å². The minimum atomic E-state index is 0.217. The monoisotopic (exact) mass is 516 g/mol. The molecule has 1 aromatic carbocycles. The van der Waals surface area contributed by atoms with Crippen LogP contribution in [-0.2, 0) is 11.3 Å². The third-order valence-corrected chi connectivity index (χ3v) is 7.82. The molecule has 0 spiro atoms. The molecular formula is C29H40N8O. The molecule has 0 atom stereocenters. The minimum Gasteiger partial charge on any atom is -0.378 e. The zero-order valence-electron chi connectivity index (χ0n) is 23.4. The summed E-state index contributed by atoms with van der Waals surface area (Å²) in [5.41, 5.74) is 4.23. The summed E-state index contributed by atoms with van der Waals surface area (Å²) in [7, 11) is 0. The molecule has 0 radical (unpaired) electrons. The van der Waals surface area contributed by atoms with Gasteiger partial charge in [0.25, 0.3) is 0 Å². The molecule has 38 heavy (non-hydrogen) atoms. The lowest BCUT2D eigenvalue weighted by atomic mass is 10.0. The van der Waals surface area contributed by atoms with Gasteiger partial charge in [0.1, 0.15) is 17.5 Å². The standard InChI is InChI=1S/C29H40N8O/c1-21(2)28-30-23-8-6-7-9-24(23)36(28)25-19-27(34-14-16-38-17-15-34)37-26(31-25)18-22(32-37)20-33-10-12-35(13-11-33)29(3,4)5/h6-9,18-19,21H,10-17,20H2,1-5H3. The van der Waals surface area contributed by atoms with Gasteiger partial charge in [0, 0.05) is 69.4 Å². The maximum atomic E-state index is 5.67. The number of imidazole rings is 1. The highest BCUT2D eigenvalue weighted by Gasteiger charge is 2.27. The Morgan fingerprint density at radius 2 is 1.66 bits per heavy atom. The van der Waals surface area contributed by atoms with Crippen LogP contribution in [0, 0.1) is 0 Å². The van der Waals surface area contributed by atoms with Gasteiger partial charge in [-0.2, -0.15) is 9.61 Å². The molecule has 202 valence electrons. The van der Waals surface area contributed by atoms with Crippen LogP contribution in [0.3, 0.4) is 0 Å². The molecule has 2 fully saturated rings. The summed E-state index contributed by atoms with van der Waals surface area (Å²) in [4.78, 5) is 17.6. The van der Waals surface area contributed by atoms with E-state index in [0.29, 0.717) is 0 Å². The van der Waals surface area contributed by atoms with E-state index in [0.717, 1.165) is 98.9 Å². The highest BCUT2D eigenvalue weighted by molar-refractivity contribution is 5.78. The number of fused-ring (bicyclic) bond motifs is 2. The predicted octanol–water partition coefficient (Wildman–Crippen LogP) is 3.94. The van der Waals surface area contributed by atoms with Crippen LogP contribution in [0.1, 0.15) is 52.1 Å². The van der Waals surface area contributed by atoms with Crippen LogP contribution in [0.15, 0.2) is 36.4 Å². The first-order valence-corrected chi connectivity index (χ1v) is 14.0. The fourth-order valence-electron chi connectivity index (χ4n) is 5.68. The summed E-state index contributed by atoms with van der Waals surface area (Å²) in [6, 6.07) is 12.7. The number of rotatable bonds is 5. The highest BCUT2D eigenvalue weighted by Crippen LogP contribution is 2.29. The first kappa shape index (κ1) is 25.3. The smallest absolute Gasteiger partial charge is 0.160 e. The second-order valence-corrected chi connectivity index (χ2v) is 11.9. The molecule has 9 heteroatoms. The van der Waals surface area contributed by atoms with Gasteiger partial charge in [0.15, 0.2) is 5.65 Å². The Morgan fingerprint density at radius 1 is 0.921 bits per heavy atom. The van der Waals surface area contributed by atoms with Gasteiger partial charge in [-0.1, -0.05) is 26.0 Å². The lowest BCUT2D eigenvalue weighted by Crippen LogP contribution is -2.53. The van der Waals surface area contributed by atoms with Gasteiger partial charge in [-0.05, 0) is 32.9 Å². The van der Waals surface area contributed by atoms with E-state index in [9.17, 15) is 0 Å². The van der Waals surface area contributed by atoms with E-state index in [4.69, 9.17) is 19.8 Å². The van der Waals surface area contributed by atoms with Gasteiger partial charge >= 0.3 is 0 Å². The summed E-state index contributed by atoms with van der Waals surface area (Å²) in [6.07, 6.45) is 0. The third kappa shape index (κ3) is 4.79. The van der Waals surface area contributed by atoms with Crippen molar-refractivity contribution in [1.29, 1.82) is 0 Å². The molecule has 0 aliphatic carbocycles. The van der Waals surface area contributed by atoms with Crippen molar-refractivity contribution in [2.24, 2.45) is 0 Å². The van der Waals surface area contributed by atoms with E-state index < -0.39 is 0 Å². The number of ether oxygens (including phenoxy) is 1. The molecule has 0 unspecified atom stereocenters. The van der Waals surface area contributed by atoms with Crippen molar-refractivity contribution >= 4 is 22.5 Å². The molecule has 0 amide bonds. The van der Waals surface area contributed by atoms with Gasteiger partial charge in [0.05, 0.1) is 29.9 Å². The topological polar surface area (TPSA) is 67.0 Å². The molecule has 2 saturated heterocycles. The molecule has 9 nitrogen and oxygen atoms in total. The number of nitrogens with zero attached hydrogens (tertiary/aromatic N) is 8. The maximum Gasteiger partial charge on any atom is 0.160 e. The average molecular weight is 517 g/mol. The fraction of sp³-hybridized carbons (Fsp3) is 0.552. The molecule has 0 N–H and O–H groups in total. The molecular weight excluding hydrogens is 476 g/mol. The van der Waals surface area contributed by atoms with E-state index >= 15 is 0 Å². The number of aromatic nitrogens is 5. The zero-order chi connectivity index (χ0) is 26.4. The van der Waals surface area contributed by atoms with E-state index in [1.54, 1.807) is 0 Å². The molecule has 6 rings (SSSR count). The van der Waals surface area contributed by atoms with Gasteiger partial charge in [-0.3, -0.25) is 14.4 Å². The van der Waals surface area contributed by atoms with Crippen LogP contribution >= 0.6 is 0 Å². The molecule has 4 aromatic rings. The van der Waals surface area contributed by atoms with Crippen LogP contribution in [-0.4, -0.2) is 92.0 Å². The first-order chi connectivity index (χ1) is 18.3. The van der Waals surface area contributed by atoms with Crippen molar-refractivity contribution in [2.45, 2.75) is 52.6 Å². The number of benzene rings is 1. The Bertz CT molecular complexity index is 1420. The SMILES string of the molecule is CC(C)c1nc2ccccc2n1-c1cc(N2CCOCC2)n2nc(CN3CCN(C(C)(C)C)CC3)cc2n1. The molecule has 3 aromatic heterocycles. The van der Waals surface area contributed by atoms with Crippen molar-refractivity contribution in [3.63, 3.8) is 0 Å². The van der Waals surface area contributed by atoms with Crippen LogP contribution in [0.4, 0.5) is 5.82 Å². The quantitative estimate of drug-likeness (QED) is 0.398. The molecule has 0 saturated carbocycles. The third-order valence-electron chi connectivity index (χ3n) is 7.82. The van der Waals surface area contributed by atoms with Crippen molar-refractivity contribution < 1.29 is 4.74 Å². The summed E-state index contributed by atoms with van der Waals surface area (Å²) in [5, 5.41) is 5.08. The van der Waals surface area contributed by atoms with E-state index in [-0.39, 0.29) is 11.5 Å². The summed E-state index contributed by atoms with van der Waals surface area (Å²) >= 11 is 0. The van der Waals surface area contributed by atoms with Gasteiger partial charge in [0.2, 0.25) is 0 Å². The van der Waals surface area contributed by atoms with Crippen molar-refractivity contribution in [2.75, 3.05) is 57.4 Å². The lowest BCUT2D eigenvalue weighted by molar-refractivity contribution is 0.0585. The Balaban J connectivity index is 1.39. The minimum absolute atomic E-state index is 0.217. The molecule has 0 bridgehead atoms. The number of hydrogen-bond donors (Lipinski definition) is 0. The van der Waals surface area contributed by atoms with Crippen LogP contribution in [0.25, 0.3) is 22.5 Å². The Morgan fingerprint density at radius 3 is 2.37 bits per heavy atom. The summed E-state index contributed by atoms with van der Waals surface area (Å²) in [5.74, 6) is 3.23. The second kappa shape index (κ2) is 9.94. The first-order valence-electron chi connectivity index (χ1n) is 14.0. The van der Waals surface area contributed by atoms with Crippen LogP contribution in [0.5, 0.6) is 0 Å². The van der Waals surface area contributed by atoms with Gasteiger partial charge in [-0.15, -0.1) is 0 Å². The number of hydrogen-bond acceptors (Lipinski definition) is 7. The Hall–Kier alpha value is -3.01. The summed E-state index contributed by atoms with van der Waals surface area (Å²) in [6.45, 7) is 19.5. The lowest BCUT2D eigenvalue weighted by Gasteiger charge is -2.42. The van der Waals surface area contributed by atoms with Crippen molar-refractivity contribution in [1.82, 2.24) is 33.9 Å². The molecule has 5 heterocycles. The Kier molecular flexibility index (Phi) is 6.62. The molecule has 2 aliphatic heterocycles. The number of para-hydroxylation sites is 2. The van der Waals surface area contributed by atoms with Crippen LogP contribution < -0.4 is 4.90 Å². The van der Waals surface area contributed by atoms with E-state index in [2.05, 4.69) is 84.2 Å². The fourth-order valence-corrected chi connectivity index (χ4v) is 5.68. The largest absolute Gasteiger partial charge is 0.378 e. The highest BCUT2D eigenvalue weighted by atomic mass is 16.5. The van der Waals surface area contributed by atoms with Crippen molar-refractivity contribution in [3.8, 4) is 5.82 Å². The van der Waals surface area contributed by atoms with Crippen LogP contribution in [0.2, 0.25) is 0 Å². The normalized spacial score (nSPS) is 18.3. The molecule has 2 aliphatic rings. The van der Waals surface area contributed by atoms with Gasteiger partial charge in [-0.25, -0.2) is 9.97 Å². The maximum absolute atomic E-state index is 5.67. The number of morpholine rings is 1. The number of piperazine rings is 1. The number of anilines is 1. The Labute approximate surface area is 225 Å². The van der Waals surface area contributed by atoms with Gasteiger partial charge < -0.3 is 9.64 Å². The van der Waals surface area contributed by atoms with Crippen molar-refractivity contribution in [3.05, 3.63) is 47.9 Å². The van der Waals surface area contributed by atoms with E-state index in [1.165, 1.54) is 0 Å². The predicted molar refractivity (Wildman–Crippen MR) is 151 cm³/mol. The second-order valence-electron chi connectivity index (χ2n) is 11.9. The average Bonchev–Trinajstić information content (AvgIpc) is 3.49. The summed E-state index contributed by atoms with van der Waals surface area (Å²) < 4.78 is 9.93.